The highest BCUT2D eigenvalue weighted by atomic mass is 16.1. The van der Waals surface area contributed by atoms with Crippen molar-refractivity contribution >= 4 is 17.1 Å². The van der Waals surface area contributed by atoms with Crippen LogP contribution in [0.5, 0.6) is 0 Å². The first-order valence-corrected chi connectivity index (χ1v) is 8.14. The number of carbonyl (C=O) groups excluding carboxylic acids is 1. The minimum Gasteiger partial charge on any atom is -0.309 e. The molecule has 2 rings (SSSR count). The van der Waals surface area contributed by atoms with Crippen LogP contribution in [0.25, 0.3) is 10.8 Å². The topological polar surface area (TPSA) is 20.3 Å². The summed E-state index contributed by atoms with van der Waals surface area (Å²) < 4.78 is 0. The van der Waals surface area contributed by atoms with Crippen molar-refractivity contribution in [3.63, 3.8) is 0 Å². The van der Waals surface area contributed by atoms with E-state index in [1.165, 1.54) is 17.1 Å². The fraction of sp³-hybridized carbons (Fsp3) is 0.450. The lowest BCUT2D eigenvalue weighted by molar-refractivity contribution is -0.114. The van der Waals surface area contributed by atoms with Crippen LogP contribution in [-0.2, 0) is 10.2 Å². The molecule has 0 radical (unpaired) electrons. The third-order valence-electron chi connectivity index (χ3n) is 4.96. The fourth-order valence-electron chi connectivity index (χ4n) is 3.17. The molecule has 0 aromatic heterocycles. The summed E-state index contributed by atoms with van der Waals surface area (Å²) in [4.78, 5) is 14.3. The maximum Gasteiger partial charge on any atom is 0.130 e. The van der Waals surface area contributed by atoms with E-state index in [1.54, 1.807) is 0 Å². The Morgan fingerprint density at radius 3 is 2.41 bits per heavy atom. The zero-order valence-electron chi connectivity index (χ0n) is 14.2. The van der Waals surface area contributed by atoms with Crippen molar-refractivity contribution < 1.29 is 4.79 Å². The van der Waals surface area contributed by atoms with Crippen LogP contribution >= 0.6 is 0 Å². The summed E-state index contributed by atoms with van der Waals surface area (Å²) >= 11 is 0. The van der Waals surface area contributed by atoms with Crippen molar-refractivity contribution in [2.75, 3.05) is 20.6 Å². The van der Waals surface area contributed by atoms with Gasteiger partial charge in [0.15, 0.2) is 0 Å². The standard InChI is InChI=1S/C20H27NO/c1-5-16(2)20(15-22,12-13-21(3)4)19-11-10-17-8-6-7-9-18(17)14-19/h6-11,14-16H,5,12-13H2,1-4H3/t16-,20-/m1/s1. The Bertz CT molecular complexity index is 634. The highest BCUT2D eigenvalue weighted by Crippen LogP contribution is 2.37. The van der Waals surface area contributed by atoms with Gasteiger partial charge in [-0.15, -0.1) is 0 Å². The molecule has 2 nitrogen and oxygen atoms in total. The third-order valence-corrected chi connectivity index (χ3v) is 4.96. The molecule has 0 fully saturated rings. The van der Waals surface area contributed by atoms with E-state index in [-0.39, 0.29) is 0 Å². The molecule has 22 heavy (non-hydrogen) atoms. The Labute approximate surface area is 134 Å². The molecule has 0 aliphatic rings. The van der Waals surface area contributed by atoms with Gasteiger partial charge >= 0.3 is 0 Å². The molecule has 0 unspecified atom stereocenters. The van der Waals surface area contributed by atoms with E-state index in [1.807, 2.05) is 0 Å². The van der Waals surface area contributed by atoms with Crippen molar-refractivity contribution in [2.45, 2.75) is 32.1 Å². The molecule has 0 saturated carbocycles. The number of benzene rings is 2. The summed E-state index contributed by atoms with van der Waals surface area (Å²) in [5, 5.41) is 2.43. The summed E-state index contributed by atoms with van der Waals surface area (Å²) in [6.07, 6.45) is 3.05. The first-order chi connectivity index (χ1) is 10.5. The van der Waals surface area contributed by atoms with Gasteiger partial charge < -0.3 is 9.69 Å². The highest BCUT2D eigenvalue weighted by Gasteiger charge is 2.36. The number of hydrogen-bond acceptors (Lipinski definition) is 2. The third kappa shape index (κ3) is 3.22. The van der Waals surface area contributed by atoms with Crippen LogP contribution in [0.3, 0.4) is 0 Å². The van der Waals surface area contributed by atoms with E-state index in [0.29, 0.717) is 5.92 Å². The van der Waals surface area contributed by atoms with Gasteiger partial charge in [-0.25, -0.2) is 0 Å². The zero-order chi connectivity index (χ0) is 16.2. The van der Waals surface area contributed by atoms with Crippen molar-refractivity contribution in [1.82, 2.24) is 4.90 Å². The largest absolute Gasteiger partial charge is 0.309 e. The molecule has 2 aromatic rings. The maximum absolute atomic E-state index is 12.2. The number of rotatable bonds is 7. The number of nitrogens with zero attached hydrogens (tertiary/aromatic N) is 1. The number of fused-ring (bicyclic) bond motifs is 1. The zero-order valence-corrected chi connectivity index (χ0v) is 14.2. The summed E-state index contributed by atoms with van der Waals surface area (Å²) in [5.74, 6) is 0.325. The van der Waals surface area contributed by atoms with Gasteiger partial charge in [0.25, 0.3) is 0 Å². The van der Waals surface area contributed by atoms with Gasteiger partial charge in [-0.3, -0.25) is 0 Å². The van der Waals surface area contributed by atoms with Crippen LogP contribution in [-0.4, -0.2) is 31.8 Å². The van der Waals surface area contributed by atoms with Crippen molar-refractivity contribution in [3.8, 4) is 0 Å². The molecule has 0 spiro atoms. The van der Waals surface area contributed by atoms with Crippen LogP contribution in [0.4, 0.5) is 0 Å². The lowest BCUT2D eigenvalue weighted by Crippen LogP contribution is -2.38. The average molecular weight is 297 g/mol. The minimum atomic E-state index is -0.400. The molecular formula is C20H27NO. The van der Waals surface area contributed by atoms with Gasteiger partial charge in [-0.2, -0.15) is 0 Å². The lowest BCUT2D eigenvalue weighted by atomic mass is 9.68. The molecule has 0 aliphatic carbocycles. The molecule has 2 heteroatoms. The maximum atomic E-state index is 12.2. The molecule has 0 bridgehead atoms. The summed E-state index contributed by atoms with van der Waals surface area (Å²) in [5.41, 5.74) is 0.751. The predicted octanol–water partition coefficient (Wildman–Crippen LogP) is 4.27. The fourth-order valence-corrected chi connectivity index (χ4v) is 3.17. The number of carbonyl (C=O) groups is 1. The SMILES string of the molecule is CC[C@@H](C)[C@](C=O)(CCN(C)C)c1ccc2ccccc2c1. The second-order valence-corrected chi connectivity index (χ2v) is 6.58. The van der Waals surface area contributed by atoms with Crippen molar-refractivity contribution in [3.05, 3.63) is 48.0 Å². The summed E-state index contributed by atoms with van der Waals surface area (Å²) in [7, 11) is 4.12. The molecule has 2 atom stereocenters. The highest BCUT2D eigenvalue weighted by molar-refractivity contribution is 5.84. The minimum absolute atomic E-state index is 0.325. The van der Waals surface area contributed by atoms with Gasteiger partial charge in [0.2, 0.25) is 0 Å². The molecule has 0 N–H and O–H groups in total. The quantitative estimate of drug-likeness (QED) is 0.711. The Hall–Kier alpha value is -1.67. The molecular weight excluding hydrogens is 270 g/mol. The van der Waals surface area contributed by atoms with Crippen LogP contribution < -0.4 is 0 Å². The van der Waals surface area contributed by atoms with Crippen LogP contribution in [0.15, 0.2) is 42.5 Å². The van der Waals surface area contributed by atoms with Gasteiger partial charge in [0.1, 0.15) is 6.29 Å². The smallest absolute Gasteiger partial charge is 0.130 e. The Balaban J connectivity index is 2.51. The van der Waals surface area contributed by atoms with Crippen LogP contribution in [0.2, 0.25) is 0 Å². The van der Waals surface area contributed by atoms with Crippen molar-refractivity contribution in [2.24, 2.45) is 5.92 Å². The Kier molecular flexibility index (Phi) is 5.36. The molecule has 0 aliphatic heterocycles. The predicted molar refractivity (Wildman–Crippen MR) is 94.3 cm³/mol. The second-order valence-electron chi connectivity index (χ2n) is 6.58. The molecule has 0 heterocycles. The number of aldehydes is 1. The van der Waals surface area contributed by atoms with Gasteiger partial charge in [0.05, 0.1) is 5.41 Å². The monoisotopic (exact) mass is 297 g/mol. The normalized spacial score (nSPS) is 15.7. The lowest BCUT2D eigenvalue weighted by Gasteiger charge is -2.35. The average Bonchev–Trinajstić information content (AvgIpc) is 2.55. The van der Waals surface area contributed by atoms with Gasteiger partial charge in [-0.05, 0) is 49.3 Å². The first kappa shape index (κ1) is 16.7. The van der Waals surface area contributed by atoms with E-state index >= 15 is 0 Å². The van der Waals surface area contributed by atoms with Crippen LogP contribution in [0, 0.1) is 5.92 Å². The summed E-state index contributed by atoms with van der Waals surface area (Å²) in [6, 6.07) is 14.8. The van der Waals surface area contributed by atoms with Crippen LogP contribution in [0.1, 0.15) is 32.3 Å². The molecule has 2 aromatic carbocycles. The van der Waals surface area contributed by atoms with Gasteiger partial charge in [-0.1, -0.05) is 62.7 Å². The molecule has 0 saturated heterocycles. The number of hydrogen-bond donors (Lipinski definition) is 0. The Morgan fingerprint density at radius 1 is 1.14 bits per heavy atom. The molecule has 118 valence electrons. The van der Waals surface area contributed by atoms with E-state index in [4.69, 9.17) is 0 Å². The van der Waals surface area contributed by atoms with Gasteiger partial charge in [0, 0.05) is 0 Å². The van der Waals surface area contributed by atoms with E-state index in [0.717, 1.165) is 24.9 Å². The summed E-state index contributed by atoms with van der Waals surface area (Å²) in [6.45, 7) is 5.27. The second kappa shape index (κ2) is 7.06. The first-order valence-electron chi connectivity index (χ1n) is 8.14. The van der Waals surface area contributed by atoms with E-state index in [2.05, 4.69) is 75.3 Å². The molecule has 0 amide bonds. The Morgan fingerprint density at radius 2 is 1.82 bits per heavy atom. The van der Waals surface area contributed by atoms with Crippen molar-refractivity contribution in [1.29, 1.82) is 0 Å². The van der Waals surface area contributed by atoms with E-state index < -0.39 is 5.41 Å². The van der Waals surface area contributed by atoms with E-state index in [9.17, 15) is 4.79 Å².